The van der Waals surface area contributed by atoms with Crippen LogP contribution in [-0.2, 0) is 6.54 Å². The molecule has 2 saturated heterocycles. The van der Waals surface area contributed by atoms with E-state index in [0.717, 1.165) is 19.6 Å². The van der Waals surface area contributed by atoms with Gasteiger partial charge in [-0.3, -0.25) is 9.80 Å². The first-order chi connectivity index (χ1) is 9.82. The van der Waals surface area contributed by atoms with Gasteiger partial charge in [0.1, 0.15) is 0 Å². The van der Waals surface area contributed by atoms with E-state index in [1.54, 1.807) is 0 Å². The van der Waals surface area contributed by atoms with Crippen LogP contribution >= 0.6 is 11.8 Å². The zero-order valence-corrected chi connectivity index (χ0v) is 12.9. The van der Waals surface area contributed by atoms with E-state index in [2.05, 4.69) is 51.9 Å². The van der Waals surface area contributed by atoms with E-state index in [9.17, 15) is 0 Å². The molecule has 1 aromatic carbocycles. The first kappa shape index (κ1) is 14.4. The lowest BCUT2D eigenvalue weighted by Gasteiger charge is -2.42. The summed E-state index contributed by atoms with van der Waals surface area (Å²) >= 11 is 2.07. The molecule has 0 bridgehead atoms. The molecule has 1 aromatic rings. The van der Waals surface area contributed by atoms with E-state index < -0.39 is 0 Å². The van der Waals surface area contributed by atoms with Gasteiger partial charge in [-0.25, -0.2) is 0 Å². The summed E-state index contributed by atoms with van der Waals surface area (Å²) in [7, 11) is 0. The highest BCUT2D eigenvalue weighted by Gasteiger charge is 2.42. The highest BCUT2D eigenvalue weighted by Crippen LogP contribution is 2.30. The molecular weight excluding hydrogens is 266 g/mol. The molecule has 2 fully saturated rings. The van der Waals surface area contributed by atoms with Crippen LogP contribution in [-0.4, -0.2) is 59.6 Å². The molecule has 0 saturated carbocycles. The molecule has 3 rings (SSSR count). The molecule has 0 spiro atoms. The number of thioether (sulfide) groups is 1. The Bertz CT molecular complexity index is 419. The smallest absolute Gasteiger partial charge is 0.0471 e. The van der Waals surface area contributed by atoms with Gasteiger partial charge in [0, 0.05) is 56.3 Å². The summed E-state index contributed by atoms with van der Waals surface area (Å²) in [6.45, 7) is 6.58. The van der Waals surface area contributed by atoms with Crippen LogP contribution in [0.15, 0.2) is 30.3 Å². The molecule has 2 aliphatic heterocycles. The Morgan fingerprint density at radius 3 is 2.55 bits per heavy atom. The van der Waals surface area contributed by atoms with Crippen molar-refractivity contribution in [2.45, 2.75) is 18.5 Å². The predicted molar refractivity (Wildman–Crippen MR) is 87.0 cm³/mol. The minimum absolute atomic E-state index is 0.232. The third-order valence-corrected chi connectivity index (χ3v) is 5.66. The minimum Gasteiger partial charge on any atom is -0.329 e. The van der Waals surface area contributed by atoms with Crippen LogP contribution in [0.5, 0.6) is 0 Å². The van der Waals surface area contributed by atoms with E-state index in [1.165, 1.54) is 43.1 Å². The van der Waals surface area contributed by atoms with Gasteiger partial charge in [0.15, 0.2) is 0 Å². The predicted octanol–water partition coefficient (Wildman–Crippen LogP) is 1.64. The zero-order valence-electron chi connectivity index (χ0n) is 12.1. The van der Waals surface area contributed by atoms with Crippen molar-refractivity contribution in [3.63, 3.8) is 0 Å². The molecule has 0 aromatic heterocycles. The van der Waals surface area contributed by atoms with Crippen LogP contribution in [0.2, 0.25) is 0 Å². The molecule has 0 amide bonds. The van der Waals surface area contributed by atoms with Crippen molar-refractivity contribution < 1.29 is 0 Å². The number of hydrogen-bond acceptors (Lipinski definition) is 4. The Balaban J connectivity index is 1.64. The molecule has 4 heteroatoms. The van der Waals surface area contributed by atoms with Gasteiger partial charge in [0.05, 0.1) is 0 Å². The Kier molecular flexibility index (Phi) is 4.66. The summed E-state index contributed by atoms with van der Waals surface area (Å²) in [5, 5.41) is 0. The summed E-state index contributed by atoms with van der Waals surface area (Å²) in [5.74, 6) is 2.53. The average Bonchev–Trinajstić information content (AvgIpc) is 2.94. The van der Waals surface area contributed by atoms with Crippen molar-refractivity contribution in [2.75, 3.05) is 44.2 Å². The summed E-state index contributed by atoms with van der Waals surface area (Å²) in [6.07, 6.45) is 1.22. The number of nitrogens with zero attached hydrogens (tertiary/aromatic N) is 2. The molecule has 0 radical (unpaired) electrons. The second kappa shape index (κ2) is 6.48. The van der Waals surface area contributed by atoms with Gasteiger partial charge in [-0.05, 0) is 12.0 Å². The van der Waals surface area contributed by atoms with Gasteiger partial charge < -0.3 is 5.73 Å². The van der Waals surface area contributed by atoms with Crippen LogP contribution in [0.4, 0.5) is 0 Å². The molecule has 2 N–H and O–H groups in total. The maximum atomic E-state index is 6.18. The van der Waals surface area contributed by atoms with Crippen molar-refractivity contribution in [1.29, 1.82) is 0 Å². The molecule has 2 aliphatic rings. The molecule has 1 unspecified atom stereocenters. The van der Waals surface area contributed by atoms with E-state index in [-0.39, 0.29) is 5.54 Å². The molecule has 110 valence electrons. The molecule has 1 atom stereocenters. The average molecular weight is 291 g/mol. The number of likely N-dealkylation sites (tertiary alicyclic amines) is 1. The number of rotatable bonds is 4. The van der Waals surface area contributed by atoms with Crippen LogP contribution in [0.25, 0.3) is 0 Å². The van der Waals surface area contributed by atoms with Gasteiger partial charge in [-0.2, -0.15) is 11.8 Å². The fraction of sp³-hybridized carbons (Fsp3) is 0.625. The van der Waals surface area contributed by atoms with Crippen molar-refractivity contribution >= 4 is 11.8 Å². The topological polar surface area (TPSA) is 32.5 Å². The summed E-state index contributed by atoms with van der Waals surface area (Å²) in [6, 6.07) is 10.8. The van der Waals surface area contributed by atoms with Crippen LogP contribution in [0.1, 0.15) is 12.0 Å². The Morgan fingerprint density at radius 1 is 1.10 bits per heavy atom. The third-order valence-electron chi connectivity index (χ3n) is 4.72. The third kappa shape index (κ3) is 3.03. The number of benzene rings is 1. The summed E-state index contributed by atoms with van der Waals surface area (Å²) in [5.41, 5.74) is 7.82. The minimum atomic E-state index is 0.232. The maximum absolute atomic E-state index is 6.18. The monoisotopic (exact) mass is 291 g/mol. The van der Waals surface area contributed by atoms with Crippen molar-refractivity contribution in [2.24, 2.45) is 5.73 Å². The Hall–Kier alpha value is -0.550. The second-order valence-corrected chi connectivity index (χ2v) is 7.20. The van der Waals surface area contributed by atoms with Gasteiger partial charge in [-0.15, -0.1) is 0 Å². The Labute approximate surface area is 126 Å². The quantitative estimate of drug-likeness (QED) is 0.914. The van der Waals surface area contributed by atoms with Gasteiger partial charge in [0.25, 0.3) is 0 Å². The molecule has 2 heterocycles. The van der Waals surface area contributed by atoms with Gasteiger partial charge in [0.2, 0.25) is 0 Å². The van der Waals surface area contributed by atoms with Crippen molar-refractivity contribution in [1.82, 2.24) is 9.80 Å². The van der Waals surface area contributed by atoms with Gasteiger partial charge >= 0.3 is 0 Å². The normalized spacial score (nSPS) is 28.9. The van der Waals surface area contributed by atoms with Gasteiger partial charge in [-0.1, -0.05) is 30.3 Å². The van der Waals surface area contributed by atoms with Crippen LogP contribution in [0.3, 0.4) is 0 Å². The van der Waals surface area contributed by atoms with E-state index in [1.807, 2.05) is 0 Å². The highest BCUT2D eigenvalue weighted by molar-refractivity contribution is 7.99. The summed E-state index contributed by atoms with van der Waals surface area (Å²) in [4.78, 5) is 5.23. The highest BCUT2D eigenvalue weighted by atomic mass is 32.2. The van der Waals surface area contributed by atoms with Crippen molar-refractivity contribution in [3.8, 4) is 0 Å². The zero-order chi connectivity index (χ0) is 13.8. The summed E-state index contributed by atoms with van der Waals surface area (Å²) < 4.78 is 0. The maximum Gasteiger partial charge on any atom is 0.0471 e. The lowest BCUT2D eigenvalue weighted by Crippen LogP contribution is -2.58. The standard InChI is InChI=1S/C16H25N3S/c17-13-16(19-8-10-20-11-9-19)6-7-18(14-16)12-15-4-2-1-3-5-15/h1-5H,6-14,17H2. The largest absolute Gasteiger partial charge is 0.329 e. The van der Waals surface area contributed by atoms with Crippen LogP contribution in [0, 0.1) is 0 Å². The first-order valence-corrected chi connectivity index (χ1v) is 8.77. The number of nitrogens with two attached hydrogens (primary N) is 1. The fourth-order valence-electron chi connectivity index (χ4n) is 3.51. The van der Waals surface area contributed by atoms with E-state index >= 15 is 0 Å². The molecular formula is C16H25N3S. The second-order valence-electron chi connectivity index (χ2n) is 5.97. The molecule has 20 heavy (non-hydrogen) atoms. The first-order valence-electron chi connectivity index (χ1n) is 7.62. The van der Waals surface area contributed by atoms with E-state index in [4.69, 9.17) is 5.73 Å². The lowest BCUT2D eigenvalue weighted by molar-refractivity contribution is 0.109. The molecule has 3 nitrogen and oxygen atoms in total. The Morgan fingerprint density at radius 2 is 1.85 bits per heavy atom. The SMILES string of the molecule is NCC1(N2CCSCC2)CCN(Cc2ccccc2)C1. The number of hydrogen-bond donors (Lipinski definition) is 1. The van der Waals surface area contributed by atoms with E-state index in [0.29, 0.717) is 0 Å². The fourth-order valence-corrected chi connectivity index (χ4v) is 4.41. The van der Waals surface area contributed by atoms with Crippen LogP contribution < -0.4 is 5.73 Å². The van der Waals surface area contributed by atoms with Crippen molar-refractivity contribution in [3.05, 3.63) is 35.9 Å². The molecule has 0 aliphatic carbocycles. The lowest BCUT2D eigenvalue weighted by atomic mass is 9.96.